The molecule has 9 heteroatoms. The smallest absolute Gasteiger partial charge is 0.342 e. The van der Waals surface area contributed by atoms with Crippen molar-refractivity contribution in [3.8, 4) is 11.5 Å². The summed E-state index contributed by atoms with van der Waals surface area (Å²) in [5, 5.41) is 12.3. The number of methoxy groups -OCH3 is 1. The van der Waals surface area contributed by atoms with Crippen LogP contribution >= 0.6 is 11.8 Å². The van der Waals surface area contributed by atoms with E-state index in [1.54, 1.807) is 0 Å². The number of esters is 1. The second kappa shape index (κ2) is 9.22. The lowest BCUT2D eigenvalue weighted by Crippen LogP contribution is -2.30. The Morgan fingerprint density at radius 2 is 1.81 bits per heavy atom. The molecule has 0 aromatic heterocycles. The molecule has 0 saturated carbocycles. The van der Waals surface area contributed by atoms with Crippen LogP contribution in [0, 0.1) is 0 Å². The number of halogens is 2. The molecular formula is C18H17F2NO5S. The molecule has 0 radical (unpaired) electrons. The Morgan fingerprint density at radius 1 is 1.15 bits per heavy atom. The number of rotatable bonds is 7. The predicted octanol–water partition coefficient (Wildman–Crippen LogP) is 3.90. The molecule has 0 bridgehead atoms. The number of benzene rings is 2. The van der Waals surface area contributed by atoms with Gasteiger partial charge in [0.2, 0.25) is 0 Å². The molecule has 1 amide bonds. The average molecular weight is 397 g/mol. The Bertz CT molecular complexity index is 814. The van der Waals surface area contributed by atoms with E-state index in [9.17, 15) is 23.5 Å². The van der Waals surface area contributed by atoms with Crippen LogP contribution in [0.4, 0.5) is 14.5 Å². The van der Waals surface area contributed by atoms with Crippen LogP contribution in [0.15, 0.2) is 47.4 Å². The van der Waals surface area contributed by atoms with Crippen LogP contribution < -0.4 is 10.1 Å². The van der Waals surface area contributed by atoms with Crippen molar-refractivity contribution in [1.82, 2.24) is 0 Å². The summed E-state index contributed by atoms with van der Waals surface area (Å²) in [5.41, 5.74) is 0.262. The molecule has 0 unspecified atom stereocenters. The van der Waals surface area contributed by atoms with E-state index in [0.29, 0.717) is 28.1 Å². The first-order chi connectivity index (χ1) is 12.8. The zero-order valence-corrected chi connectivity index (χ0v) is 15.3. The number of alkyl halides is 2. The molecule has 0 aliphatic heterocycles. The van der Waals surface area contributed by atoms with Crippen LogP contribution in [0.5, 0.6) is 11.5 Å². The third-order valence-corrected chi connectivity index (χ3v) is 4.15. The molecule has 2 aromatic carbocycles. The Kier molecular flexibility index (Phi) is 7.00. The Hall–Kier alpha value is -2.81. The summed E-state index contributed by atoms with van der Waals surface area (Å²) < 4.78 is 34.6. The van der Waals surface area contributed by atoms with Gasteiger partial charge in [-0.3, -0.25) is 4.79 Å². The number of ether oxygens (including phenoxy) is 2. The summed E-state index contributed by atoms with van der Waals surface area (Å²) in [6.07, 6.45) is -1.14. The molecule has 0 spiro atoms. The molecule has 6 nitrogen and oxygen atoms in total. The van der Waals surface area contributed by atoms with Gasteiger partial charge in [-0.25, -0.2) is 4.79 Å². The van der Waals surface area contributed by atoms with E-state index in [4.69, 9.17) is 9.47 Å². The van der Waals surface area contributed by atoms with Gasteiger partial charge in [-0.2, -0.15) is 8.78 Å². The average Bonchev–Trinajstić information content (AvgIpc) is 2.62. The van der Waals surface area contributed by atoms with Crippen molar-refractivity contribution in [3.05, 3.63) is 48.0 Å². The van der Waals surface area contributed by atoms with Crippen molar-refractivity contribution in [1.29, 1.82) is 0 Å². The van der Waals surface area contributed by atoms with E-state index >= 15 is 0 Å². The maximum Gasteiger partial charge on any atom is 0.342 e. The van der Waals surface area contributed by atoms with Gasteiger partial charge < -0.3 is 19.9 Å². The largest absolute Gasteiger partial charge is 0.507 e. The number of thioether (sulfide) groups is 1. The zero-order chi connectivity index (χ0) is 20.0. The van der Waals surface area contributed by atoms with Crippen LogP contribution in [0.2, 0.25) is 0 Å². The number of phenolic OH excluding ortho intramolecular Hbond substituents is 1. The fourth-order valence-electron chi connectivity index (χ4n) is 2.05. The highest BCUT2D eigenvalue weighted by Gasteiger charge is 2.21. The van der Waals surface area contributed by atoms with Crippen molar-refractivity contribution >= 4 is 29.3 Å². The number of amides is 1. The summed E-state index contributed by atoms with van der Waals surface area (Å²) >= 11 is 0.394. The SMILES string of the molecule is COc1ccc(C(=O)O[C@H](C)C(=O)Nc2ccc(SC(F)F)cc2)c(O)c1. The summed E-state index contributed by atoms with van der Waals surface area (Å²) in [6.45, 7) is 1.37. The highest BCUT2D eigenvalue weighted by atomic mass is 32.2. The summed E-state index contributed by atoms with van der Waals surface area (Å²) in [6, 6.07) is 9.86. The van der Waals surface area contributed by atoms with Crippen LogP contribution in [-0.4, -0.2) is 36.0 Å². The molecule has 0 fully saturated rings. The van der Waals surface area contributed by atoms with Gasteiger partial charge >= 0.3 is 5.97 Å². The van der Waals surface area contributed by atoms with Gasteiger partial charge in [-0.1, -0.05) is 11.8 Å². The van der Waals surface area contributed by atoms with Gasteiger partial charge in [0.15, 0.2) is 6.10 Å². The highest BCUT2D eigenvalue weighted by molar-refractivity contribution is 7.99. The molecule has 2 rings (SSSR count). The van der Waals surface area contributed by atoms with E-state index < -0.39 is 23.7 Å². The lowest BCUT2D eigenvalue weighted by Gasteiger charge is -2.14. The second-order valence-corrected chi connectivity index (χ2v) is 6.39. The molecule has 0 heterocycles. The molecule has 2 N–H and O–H groups in total. The van der Waals surface area contributed by atoms with Crippen molar-refractivity contribution < 1.29 is 33.0 Å². The molecule has 144 valence electrons. The van der Waals surface area contributed by atoms with Crippen LogP contribution in [0.1, 0.15) is 17.3 Å². The number of hydrogen-bond acceptors (Lipinski definition) is 6. The second-order valence-electron chi connectivity index (χ2n) is 5.32. The zero-order valence-electron chi connectivity index (χ0n) is 14.4. The third-order valence-electron chi connectivity index (χ3n) is 3.42. The monoisotopic (exact) mass is 397 g/mol. The highest BCUT2D eigenvalue weighted by Crippen LogP contribution is 2.26. The Balaban J connectivity index is 1.96. The first-order valence-corrected chi connectivity index (χ1v) is 8.62. The number of carbonyl (C=O) groups is 2. The molecule has 0 aliphatic rings. The van der Waals surface area contributed by atoms with Gasteiger partial charge in [-0.15, -0.1) is 0 Å². The van der Waals surface area contributed by atoms with Gasteiger partial charge in [0, 0.05) is 16.6 Å². The number of phenols is 1. The van der Waals surface area contributed by atoms with E-state index in [1.807, 2.05) is 0 Å². The molecular weight excluding hydrogens is 380 g/mol. The normalized spacial score (nSPS) is 11.7. The standard InChI is InChI=1S/C18H17F2NO5S/c1-10(26-17(24)14-8-5-12(25-2)9-15(14)22)16(23)21-11-3-6-13(7-4-11)27-18(19)20/h3-10,18,22H,1-2H3,(H,21,23)/t10-/m1/s1. The minimum absolute atomic E-state index is 0.108. The Labute approximate surface area is 158 Å². The van der Waals surface area contributed by atoms with Gasteiger partial charge in [0.05, 0.1) is 7.11 Å². The summed E-state index contributed by atoms with van der Waals surface area (Å²) in [4.78, 5) is 24.6. The number of aromatic hydroxyl groups is 1. The fraction of sp³-hybridized carbons (Fsp3) is 0.222. The molecule has 1 atom stereocenters. The Morgan fingerprint density at radius 3 is 2.37 bits per heavy atom. The first kappa shape index (κ1) is 20.5. The van der Waals surface area contributed by atoms with Crippen LogP contribution in [0.3, 0.4) is 0 Å². The van der Waals surface area contributed by atoms with Crippen molar-refractivity contribution in [3.63, 3.8) is 0 Å². The maximum atomic E-state index is 12.3. The molecule has 2 aromatic rings. The maximum absolute atomic E-state index is 12.3. The molecule has 0 aliphatic carbocycles. The van der Waals surface area contributed by atoms with Gasteiger partial charge in [-0.05, 0) is 43.3 Å². The predicted molar refractivity (Wildman–Crippen MR) is 96.5 cm³/mol. The molecule has 27 heavy (non-hydrogen) atoms. The lowest BCUT2D eigenvalue weighted by molar-refractivity contribution is -0.123. The fourth-order valence-corrected chi connectivity index (χ4v) is 2.55. The van der Waals surface area contributed by atoms with Gasteiger partial charge in [0.1, 0.15) is 17.1 Å². The van der Waals surface area contributed by atoms with Crippen LogP contribution in [-0.2, 0) is 9.53 Å². The topological polar surface area (TPSA) is 84.9 Å². The van der Waals surface area contributed by atoms with Crippen molar-refractivity contribution in [2.45, 2.75) is 23.7 Å². The quantitative estimate of drug-likeness (QED) is 0.545. The number of carbonyl (C=O) groups excluding carboxylic acids is 2. The first-order valence-electron chi connectivity index (χ1n) is 7.74. The van der Waals surface area contributed by atoms with Gasteiger partial charge in [0.25, 0.3) is 11.7 Å². The number of hydrogen-bond donors (Lipinski definition) is 2. The summed E-state index contributed by atoms with van der Waals surface area (Å²) in [5.74, 6) is -3.98. The third kappa shape index (κ3) is 5.85. The molecule has 0 saturated heterocycles. The van der Waals surface area contributed by atoms with Crippen molar-refractivity contribution in [2.24, 2.45) is 0 Å². The number of anilines is 1. The van der Waals surface area contributed by atoms with E-state index in [2.05, 4.69) is 5.32 Å². The van der Waals surface area contributed by atoms with E-state index in [0.717, 1.165) is 0 Å². The summed E-state index contributed by atoms with van der Waals surface area (Å²) in [7, 11) is 1.41. The minimum atomic E-state index is -2.53. The lowest BCUT2D eigenvalue weighted by atomic mass is 10.2. The van der Waals surface area contributed by atoms with Crippen molar-refractivity contribution in [2.75, 3.05) is 12.4 Å². The van der Waals surface area contributed by atoms with E-state index in [-0.39, 0.29) is 11.3 Å². The minimum Gasteiger partial charge on any atom is -0.507 e. The van der Waals surface area contributed by atoms with E-state index in [1.165, 1.54) is 56.5 Å². The number of nitrogens with one attached hydrogen (secondary N) is 1. The van der Waals surface area contributed by atoms with Crippen LogP contribution in [0.25, 0.3) is 0 Å².